The van der Waals surface area contributed by atoms with E-state index in [1.54, 1.807) is 11.3 Å². The van der Waals surface area contributed by atoms with Gasteiger partial charge < -0.3 is 9.88 Å². The molecule has 0 spiro atoms. The molecule has 0 radical (unpaired) electrons. The Kier molecular flexibility index (Phi) is 5.66. The fourth-order valence-electron chi connectivity index (χ4n) is 2.80. The van der Waals surface area contributed by atoms with Crippen LogP contribution in [0.4, 0.5) is 0 Å². The average Bonchev–Trinajstić information content (AvgIpc) is 3.27. The highest BCUT2D eigenvalue weighted by atomic mass is 32.1. The highest BCUT2D eigenvalue weighted by Crippen LogP contribution is 2.23. The summed E-state index contributed by atoms with van der Waals surface area (Å²) in [5.74, 6) is 0.546. The molecule has 1 amide bonds. The number of nitrogens with one attached hydrogen (secondary N) is 1. The summed E-state index contributed by atoms with van der Waals surface area (Å²) in [4.78, 5) is 17.1. The maximum Gasteiger partial charge on any atom is 0.253 e. The molecule has 25 heavy (non-hydrogen) atoms. The zero-order valence-electron chi connectivity index (χ0n) is 14.6. The summed E-state index contributed by atoms with van der Waals surface area (Å²) in [6.07, 6.45) is 5.64. The lowest BCUT2D eigenvalue weighted by Crippen LogP contribution is -2.26. The van der Waals surface area contributed by atoms with Gasteiger partial charge in [-0.25, -0.2) is 4.98 Å². The van der Waals surface area contributed by atoms with Gasteiger partial charge in [0.2, 0.25) is 0 Å². The second kappa shape index (κ2) is 8.12. The van der Waals surface area contributed by atoms with Crippen LogP contribution in [-0.2, 0) is 6.42 Å². The monoisotopic (exact) mass is 353 g/mol. The van der Waals surface area contributed by atoms with E-state index in [0.717, 1.165) is 23.4 Å². The summed E-state index contributed by atoms with van der Waals surface area (Å²) in [5.41, 5.74) is 5.59. The van der Waals surface area contributed by atoms with Crippen molar-refractivity contribution >= 4 is 17.2 Å². The van der Waals surface area contributed by atoms with Gasteiger partial charge in [-0.1, -0.05) is 26.0 Å². The number of nitrogens with zero attached hydrogens (tertiary/aromatic N) is 2. The second-order valence-electron chi connectivity index (χ2n) is 6.50. The van der Waals surface area contributed by atoms with Gasteiger partial charge in [0, 0.05) is 30.7 Å². The highest BCUT2D eigenvalue weighted by molar-refractivity contribution is 7.07. The molecule has 0 saturated carbocycles. The van der Waals surface area contributed by atoms with Gasteiger partial charge in [0.15, 0.2) is 0 Å². The number of rotatable bonds is 7. The largest absolute Gasteiger partial charge is 0.352 e. The van der Waals surface area contributed by atoms with Gasteiger partial charge >= 0.3 is 0 Å². The molecule has 0 bridgehead atoms. The van der Waals surface area contributed by atoms with Crippen molar-refractivity contribution in [2.24, 2.45) is 5.92 Å². The Labute approximate surface area is 152 Å². The van der Waals surface area contributed by atoms with Crippen LogP contribution in [0, 0.1) is 5.92 Å². The fourth-order valence-corrected chi connectivity index (χ4v) is 3.35. The number of benzene rings is 1. The standard InChI is InChI=1S/C20H23N3OS/c1-15(2)8-9-21-20(24)18-7-5-6-16(12-17-13-25-14-22-17)19(18)23-10-3-4-11-23/h3-7,10-11,13-15H,8-9,12H2,1-2H3,(H,21,24). The molecule has 0 aliphatic rings. The number of carbonyl (C=O) groups excluding carboxylic acids is 1. The van der Waals surface area contributed by atoms with Gasteiger partial charge in [-0.15, -0.1) is 11.3 Å². The topological polar surface area (TPSA) is 46.9 Å². The molecule has 4 nitrogen and oxygen atoms in total. The van der Waals surface area contributed by atoms with Crippen LogP contribution in [0.25, 0.3) is 5.69 Å². The summed E-state index contributed by atoms with van der Waals surface area (Å²) >= 11 is 1.59. The summed E-state index contributed by atoms with van der Waals surface area (Å²) in [6.45, 7) is 5.01. The minimum atomic E-state index is -0.0236. The van der Waals surface area contributed by atoms with Crippen molar-refractivity contribution < 1.29 is 4.79 Å². The lowest BCUT2D eigenvalue weighted by Gasteiger charge is -2.16. The van der Waals surface area contributed by atoms with Crippen molar-refractivity contribution in [1.29, 1.82) is 0 Å². The molecule has 0 saturated heterocycles. The van der Waals surface area contributed by atoms with Crippen molar-refractivity contribution in [3.63, 3.8) is 0 Å². The van der Waals surface area contributed by atoms with Crippen LogP contribution in [0.15, 0.2) is 53.6 Å². The van der Waals surface area contributed by atoms with E-state index < -0.39 is 0 Å². The Morgan fingerprint density at radius 1 is 1.24 bits per heavy atom. The molecule has 3 rings (SSSR count). The quantitative estimate of drug-likeness (QED) is 0.688. The van der Waals surface area contributed by atoms with Crippen molar-refractivity contribution in [2.45, 2.75) is 26.7 Å². The summed E-state index contributed by atoms with van der Waals surface area (Å²) in [6, 6.07) is 9.86. The molecule has 0 fully saturated rings. The molecule has 0 atom stereocenters. The van der Waals surface area contributed by atoms with Gasteiger partial charge in [-0.2, -0.15) is 0 Å². The van der Waals surface area contributed by atoms with Gasteiger partial charge in [0.05, 0.1) is 22.5 Å². The van der Waals surface area contributed by atoms with Crippen molar-refractivity contribution in [1.82, 2.24) is 14.9 Å². The molecule has 0 aliphatic carbocycles. The molecule has 0 aliphatic heterocycles. The van der Waals surface area contributed by atoms with Crippen LogP contribution in [0.1, 0.15) is 41.9 Å². The number of para-hydroxylation sites is 1. The van der Waals surface area contributed by atoms with E-state index in [-0.39, 0.29) is 5.91 Å². The van der Waals surface area contributed by atoms with E-state index in [1.165, 1.54) is 0 Å². The molecule has 2 aromatic heterocycles. The van der Waals surface area contributed by atoms with E-state index in [1.807, 2.05) is 46.7 Å². The third-order valence-corrected chi connectivity index (χ3v) is 4.72. The molecular weight excluding hydrogens is 330 g/mol. The normalized spacial score (nSPS) is 11.0. The number of carbonyl (C=O) groups is 1. The Morgan fingerprint density at radius 3 is 2.72 bits per heavy atom. The van der Waals surface area contributed by atoms with Crippen LogP contribution in [0.5, 0.6) is 0 Å². The predicted octanol–water partition coefficient (Wildman–Crippen LogP) is 4.30. The zero-order valence-corrected chi connectivity index (χ0v) is 15.4. The number of thiazole rings is 1. The van der Waals surface area contributed by atoms with Crippen LogP contribution in [0.2, 0.25) is 0 Å². The van der Waals surface area contributed by atoms with Crippen LogP contribution < -0.4 is 5.32 Å². The minimum absolute atomic E-state index is 0.0236. The average molecular weight is 353 g/mol. The Morgan fingerprint density at radius 2 is 2.04 bits per heavy atom. The minimum Gasteiger partial charge on any atom is -0.352 e. The molecule has 3 aromatic rings. The van der Waals surface area contributed by atoms with Crippen LogP contribution in [0.3, 0.4) is 0 Å². The molecule has 130 valence electrons. The maximum absolute atomic E-state index is 12.8. The molecule has 1 aromatic carbocycles. The van der Waals surface area contributed by atoms with E-state index in [0.29, 0.717) is 24.4 Å². The first-order valence-corrected chi connectivity index (χ1v) is 9.50. The first-order chi connectivity index (χ1) is 12.1. The molecule has 2 heterocycles. The maximum atomic E-state index is 12.8. The van der Waals surface area contributed by atoms with Crippen LogP contribution in [-0.4, -0.2) is 22.0 Å². The molecule has 1 N–H and O–H groups in total. The molecule has 0 unspecified atom stereocenters. The fraction of sp³-hybridized carbons (Fsp3) is 0.300. The summed E-state index contributed by atoms with van der Waals surface area (Å²) in [5, 5.41) is 5.10. The summed E-state index contributed by atoms with van der Waals surface area (Å²) < 4.78 is 2.01. The number of hydrogen-bond donors (Lipinski definition) is 1. The molecule has 5 heteroatoms. The highest BCUT2D eigenvalue weighted by Gasteiger charge is 2.16. The van der Waals surface area contributed by atoms with E-state index >= 15 is 0 Å². The van der Waals surface area contributed by atoms with Crippen molar-refractivity contribution in [2.75, 3.05) is 6.54 Å². The van der Waals surface area contributed by atoms with Gasteiger partial charge in [-0.3, -0.25) is 4.79 Å². The number of aromatic nitrogens is 2. The van der Waals surface area contributed by atoms with Crippen LogP contribution >= 0.6 is 11.3 Å². The second-order valence-corrected chi connectivity index (χ2v) is 7.22. The lowest BCUT2D eigenvalue weighted by molar-refractivity contribution is 0.0952. The van der Waals surface area contributed by atoms with E-state index in [9.17, 15) is 4.79 Å². The lowest BCUT2D eigenvalue weighted by atomic mass is 10.0. The first-order valence-electron chi connectivity index (χ1n) is 8.55. The third-order valence-electron chi connectivity index (χ3n) is 4.09. The van der Waals surface area contributed by atoms with Gasteiger partial charge in [-0.05, 0) is 36.1 Å². The van der Waals surface area contributed by atoms with E-state index in [2.05, 4.69) is 35.6 Å². The number of amides is 1. The molecular formula is C20H23N3OS. The first kappa shape index (κ1) is 17.4. The van der Waals surface area contributed by atoms with E-state index in [4.69, 9.17) is 0 Å². The third kappa shape index (κ3) is 4.37. The Bertz CT molecular complexity index is 808. The zero-order chi connectivity index (χ0) is 17.6. The smallest absolute Gasteiger partial charge is 0.253 e. The number of hydrogen-bond acceptors (Lipinski definition) is 3. The Balaban J connectivity index is 1.93. The predicted molar refractivity (Wildman–Crippen MR) is 102 cm³/mol. The van der Waals surface area contributed by atoms with Crippen molar-refractivity contribution in [3.05, 3.63) is 70.4 Å². The van der Waals surface area contributed by atoms with Crippen molar-refractivity contribution in [3.8, 4) is 5.69 Å². The Hall–Kier alpha value is -2.40. The SMILES string of the molecule is CC(C)CCNC(=O)c1cccc(Cc2cscn2)c1-n1cccc1. The summed E-state index contributed by atoms with van der Waals surface area (Å²) in [7, 11) is 0. The van der Waals surface area contributed by atoms with Gasteiger partial charge in [0.25, 0.3) is 5.91 Å². The van der Waals surface area contributed by atoms with Gasteiger partial charge in [0.1, 0.15) is 0 Å².